The molecule has 1 aliphatic rings. The summed E-state index contributed by atoms with van der Waals surface area (Å²) in [7, 11) is 0. The number of hydrogen-bond acceptors (Lipinski definition) is 4. The molecule has 0 fully saturated rings. The van der Waals surface area contributed by atoms with Gasteiger partial charge in [0.1, 0.15) is 12.4 Å². The molecule has 4 rings (SSSR count). The Bertz CT molecular complexity index is 841. The van der Waals surface area contributed by atoms with Crippen molar-refractivity contribution in [2.45, 2.75) is 12.6 Å². The maximum atomic E-state index is 5.87. The molecule has 5 heteroatoms. The van der Waals surface area contributed by atoms with Crippen LogP contribution in [0.1, 0.15) is 5.56 Å². The Balaban J connectivity index is 1.42. The fraction of sp³-hybridized carbons (Fsp3) is 0.158. The molecule has 0 saturated heterocycles. The van der Waals surface area contributed by atoms with Gasteiger partial charge in [-0.05, 0) is 29.8 Å². The third-order valence-corrected chi connectivity index (χ3v) is 3.99. The van der Waals surface area contributed by atoms with E-state index in [2.05, 4.69) is 21.1 Å². The first kappa shape index (κ1) is 14.5. The summed E-state index contributed by atoms with van der Waals surface area (Å²) >= 11 is 0. The summed E-state index contributed by atoms with van der Waals surface area (Å²) in [6.07, 6.45) is 7.16. The molecule has 2 aromatic heterocycles. The van der Waals surface area contributed by atoms with Crippen molar-refractivity contribution < 1.29 is 9.47 Å². The summed E-state index contributed by atoms with van der Waals surface area (Å²) in [6.45, 7) is 4.93. The van der Waals surface area contributed by atoms with Crippen LogP contribution in [0.5, 0.6) is 11.8 Å². The lowest BCUT2D eigenvalue weighted by Gasteiger charge is -2.12. The normalized spacial score (nSPS) is 15.6. The molecule has 5 nitrogen and oxygen atoms in total. The van der Waals surface area contributed by atoms with Crippen LogP contribution in [0.3, 0.4) is 0 Å². The molecule has 0 spiro atoms. The number of rotatable bonds is 5. The fourth-order valence-corrected chi connectivity index (χ4v) is 2.74. The summed E-state index contributed by atoms with van der Waals surface area (Å²) in [4.78, 5) is 8.51. The Morgan fingerprint density at radius 2 is 2.12 bits per heavy atom. The maximum Gasteiger partial charge on any atom is 0.297 e. The second-order valence-electron chi connectivity index (χ2n) is 5.60. The number of hydrogen-bond donors (Lipinski definition) is 0. The minimum Gasteiger partial charge on any atom is -0.490 e. The Kier molecular flexibility index (Phi) is 3.75. The predicted molar refractivity (Wildman–Crippen MR) is 91.9 cm³/mol. The van der Waals surface area contributed by atoms with Gasteiger partial charge in [0.2, 0.25) is 0 Å². The lowest BCUT2D eigenvalue weighted by atomic mass is 10.2. The second-order valence-corrected chi connectivity index (χ2v) is 5.60. The predicted octanol–water partition coefficient (Wildman–Crippen LogP) is 3.43. The molecule has 0 radical (unpaired) electrons. The highest BCUT2D eigenvalue weighted by atomic mass is 16.6. The van der Waals surface area contributed by atoms with Crippen LogP contribution in [-0.2, 0) is 6.54 Å². The molecule has 1 unspecified atom stereocenters. The van der Waals surface area contributed by atoms with E-state index in [1.165, 1.54) is 0 Å². The quantitative estimate of drug-likeness (QED) is 0.723. The second kappa shape index (κ2) is 6.20. The van der Waals surface area contributed by atoms with Gasteiger partial charge in [0.05, 0.1) is 18.4 Å². The highest BCUT2D eigenvalue weighted by Crippen LogP contribution is 2.29. The molecule has 0 bridgehead atoms. The number of aromatic nitrogens is 3. The van der Waals surface area contributed by atoms with Crippen LogP contribution in [-0.4, -0.2) is 27.2 Å². The summed E-state index contributed by atoms with van der Waals surface area (Å²) in [6, 6.07) is 12.4. The van der Waals surface area contributed by atoms with Gasteiger partial charge in [0.25, 0.3) is 6.01 Å². The molecule has 1 aliphatic heterocycles. The molecular formula is C19H17N3O2. The van der Waals surface area contributed by atoms with Crippen LogP contribution >= 0.6 is 0 Å². The van der Waals surface area contributed by atoms with Crippen LogP contribution in [0.2, 0.25) is 0 Å². The van der Waals surface area contributed by atoms with Gasteiger partial charge in [0, 0.05) is 18.0 Å². The van der Waals surface area contributed by atoms with Gasteiger partial charge in [0.15, 0.2) is 6.10 Å². The van der Waals surface area contributed by atoms with Crippen molar-refractivity contribution >= 4 is 6.08 Å². The topological polar surface area (TPSA) is 49.2 Å². The van der Waals surface area contributed by atoms with Crippen LogP contribution < -0.4 is 9.47 Å². The summed E-state index contributed by atoms with van der Waals surface area (Å²) < 4.78 is 13.8. The molecule has 1 atom stereocenters. The molecule has 1 aromatic carbocycles. The molecule has 0 saturated carbocycles. The zero-order chi connectivity index (χ0) is 16.4. The first-order chi connectivity index (χ1) is 11.8. The molecule has 24 heavy (non-hydrogen) atoms. The molecule has 3 aromatic rings. The van der Waals surface area contributed by atoms with Gasteiger partial charge >= 0.3 is 0 Å². The Labute approximate surface area is 140 Å². The molecule has 120 valence electrons. The Hall–Kier alpha value is -3.08. The van der Waals surface area contributed by atoms with Gasteiger partial charge < -0.3 is 9.47 Å². The largest absolute Gasteiger partial charge is 0.490 e. The third-order valence-electron chi connectivity index (χ3n) is 3.99. The van der Waals surface area contributed by atoms with Crippen molar-refractivity contribution in [3.05, 3.63) is 67.1 Å². The van der Waals surface area contributed by atoms with Crippen LogP contribution in [0.4, 0.5) is 0 Å². The van der Waals surface area contributed by atoms with Crippen LogP contribution in [0.15, 0.2) is 61.6 Å². The highest BCUT2D eigenvalue weighted by Gasteiger charge is 2.27. The van der Waals surface area contributed by atoms with Gasteiger partial charge in [-0.2, -0.15) is 0 Å². The van der Waals surface area contributed by atoms with Crippen molar-refractivity contribution in [3.8, 4) is 23.0 Å². The zero-order valence-electron chi connectivity index (χ0n) is 13.1. The van der Waals surface area contributed by atoms with Crippen molar-refractivity contribution in [1.29, 1.82) is 0 Å². The number of pyridine rings is 1. The molecule has 3 heterocycles. The first-order valence-corrected chi connectivity index (χ1v) is 7.81. The molecule has 0 aliphatic carbocycles. The average molecular weight is 319 g/mol. The van der Waals surface area contributed by atoms with E-state index >= 15 is 0 Å². The van der Waals surface area contributed by atoms with Gasteiger partial charge in [-0.15, -0.1) is 0 Å². The molecule has 0 N–H and O–H groups in total. The zero-order valence-corrected chi connectivity index (χ0v) is 13.1. The van der Waals surface area contributed by atoms with E-state index in [1.54, 1.807) is 6.20 Å². The monoisotopic (exact) mass is 319 g/mol. The van der Waals surface area contributed by atoms with Crippen LogP contribution in [0, 0.1) is 0 Å². The van der Waals surface area contributed by atoms with Gasteiger partial charge in [-0.1, -0.05) is 24.8 Å². The summed E-state index contributed by atoms with van der Waals surface area (Å²) in [5.41, 5.74) is 3.11. The molecular weight excluding hydrogens is 302 g/mol. The van der Waals surface area contributed by atoms with E-state index in [-0.39, 0.29) is 6.10 Å². The SMILES string of the molecule is C=Cc1ccc(OCC2Cn3c(-c4cccnc4)cnc3O2)cc1. The van der Waals surface area contributed by atoms with Gasteiger partial charge in [-0.25, -0.2) is 4.98 Å². The lowest BCUT2D eigenvalue weighted by molar-refractivity contribution is 0.143. The Morgan fingerprint density at radius 1 is 1.25 bits per heavy atom. The van der Waals surface area contributed by atoms with Crippen molar-refractivity contribution in [2.24, 2.45) is 0 Å². The number of fused-ring (bicyclic) bond motifs is 1. The number of nitrogens with zero attached hydrogens (tertiary/aromatic N) is 3. The Morgan fingerprint density at radius 3 is 2.88 bits per heavy atom. The minimum atomic E-state index is -0.0526. The van der Waals surface area contributed by atoms with E-state index in [0.29, 0.717) is 19.2 Å². The van der Waals surface area contributed by atoms with E-state index in [1.807, 2.05) is 54.9 Å². The van der Waals surface area contributed by atoms with Gasteiger partial charge in [-0.3, -0.25) is 9.55 Å². The smallest absolute Gasteiger partial charge is 0.297 e. The number of benzene rings is 1. The number of imidazole rings is 1. The molecule has 0 amide bonds. The third kappa shape index (κ3) is 2.76. The van der Waals surface area contributed by atoms with Crippen molar-refractivity contribution in [1.82, 2.24) is 14.5 Å². The lowest BCUT2D eigenvalue weighted by Crippen LogP contribution is -2.23. The minimum absolute atomic E-state index is 0.0526. The van der Waals surface area contributed by atoms with Crippen molar-refractivity contribution in [3.63, 3.8) is 0 Å². The van der Waals surface area contributed by atoms with E-state index in [4.69, 9.17) is 9.47 Å². The van der Waals surface area contributed by atoms with Crippen molar-refractivity contribution in [2.75, 3.05) is 6.61 Å². The fourth-order valence-electron chi connectivity index (χ4n) is 2.74. The summed E-state index contributed by atoms with van der Waals surface area (Å²) in [5, 5.41) is 0. The van der Waals surface area contributed by atoms with Crippen LogP contribution in [0.25, 0.3) is 17.3 Å². The first-order valence-electron chi connectivity index (χ1n) is 7.81. The number of ether oxygens (including phenoxy) is 2. The van der Waals surface area contributed by atoms with E-state index in [9.17, 15) is 0 Å². The van der Waals surface area contributed by atoms with E-state index < -0.39 is 0 Å². The maximum absolute atomic E-state index is 5.87. The summed E-state index contributed by atoms with van der Waals surface area (Å²) in [5.74, 6) is 0.821. The standard InChI is InChI=1S/C19H17N3O2/c1-2-14-5-7-16(8-6-14)23-13-17-12-22-18(11-21-19(22)24-17)15-4-3-9-20-10-15/h2-11,17H,1,12-13H2. The average Bonchev–Trinajstić information content (AvgIpc) is 3.21. The van der Waals surface area contributed by atoms with E-state index in [0.717, 1.165) is 22.6 Å². The highest BCUT2D eigenvalue weighted by molar-refractivity contribution is 5.58.